The third-order valence-corrected chi connectivity index (χ3v) is 4.54. The molecule has 2 saturated carbocycles. The zero-order chi connectivity index (χ0) is 14.1. The van der Waals surface area contributed by atoms with Crippen molar-refractivity contribution >= 4 is 17.4 Å². The second-order valence-electron chi connectivity index (χ2n) is 6.30. The van der Waals surface area contributed by atoms with E-state index in [9.17, 15) is 0 Å². The average molecular weight is 292 g/mol. The number of hydrogen-bond acceptors (Lipinski definition) is 2. The van der Waals surface area contributed by atoms with Gasteiger partial charge in [-0.2, -0.15) is 0 Å². The molecule has 2 aliphatic carbocycles. The Labute approximate surface area is 125 Å². The minimum absolute atomic E-state index is 0.0752. The molecule has 3 N–H and O–H groups in total. The lowest BCUT2D eigenvalue weighted by Crippen LogP contribution is -2.28. The first-order chi connectivity index (χ1) is 9.61. The number of nitrogens with two attached hydrogens (primary N) is 1. The molecule has 2 fully saturated rings. The molecule has 0 spiro atoms. The molecule has 0 radical (unpaired) electrons. The number of hydrogen-bond donors (Lipinski definition) is 2. The number of benzene rings is 1. The molecule has 0 unspecified atom stereocenters. The molecule has 0 atom stereocenters. The van der Waals surface area contributed by atoms with E-state index in [0.29, 0.717) is 5.56 Å². The van der Waals surface area contributed by atoms with Crippen LogP contribution in [0.3, 0.4) is 0 Å². The van der Waals surface area contributed by atoms with Crippen LogP contribution >= 0.6 is 11.6 Å². The molecule has 2 aliphatic rings. The zero-order valence-corrected chi connectivity index (χ0v) is 12.5. The molecular weight excluding hydrogens is 270 g/mol. The van der Waals surface area contributed by atoms with Gasteiger partial charge in [0.25, 0.3) is 0 Å². The summed E-state index contributed by atoms with van der Waals surface area (Å²) in [6.07, 6.45) is 5.55. The van der Waals surface area contributed by atoms with Gasteiger partial charge in [-0.15, -0.1) is 0 Å². The largest absolute Gasteiger partial charge is 0.384 e. The first-order valence-electron chi connectivity index (χ1n) is 7.47. The summed E-state index contributed by atoms with van der Waals surface area (Å²) >= 11 is 6.34. The van der Waals surface area contributed by atoms with Gasteiger partial charge in [0.1, 0.15) is 5.84 Å². The van der Waals surface area contributed by atoms with E-state index in [4.69, 9.17) is 22.7 Å². The fourth-order valence-corrected chi connectivity index (χ4v) is 2.86. The molecule has 1 aromatic carbocycles. The first kappa shape index (κ1) is 13.9. The van der Waals surface area contributed by atoms with Crippen molar-refractivity contribution in [3.8, 4) is 0 Å². The summed E-state index contributed by atoms with van der Waals surface area (Å²) in [5.41, 5.74) is 7.35. The highest BCUT2D eigenvalue weighted by atomic mass is 35.5. The van der Waals surface area contributed by atoms with E-state index in [2.05, 4.69) is 4.90 Å². The maximum atomic E-state index is 7.45. The van der Waals surface area contributed by atoms with Crippen LogP contribution in [0.2, 0.25) is 5.02 Å². The summed E-state index contributed by atoms with van der Waals surface area (Å²) in [6, 6.07) is 5.73. The average Bonchev–Trinajstić information content (AvgIpc) is 3.27. The maximum Gasteiger partial charge on any atom is 0.122 e. The molecule has 0 saturated heterocycles. The van der Waals surface area contributed by atoms with Gasteiger partial charge in [0, 0.05) is 30.2 Å². The van der Waals surface area contributed by atoms with Gasteiger partial charge in [0.15, 0.2) is 0 Å². The van der Waals surface area contributed by atoms with E-state index >= 15 is 0 Å². The summed E-state index contributed by atoms with van der Waals surface area (Å²) < 4.78 is 0. The van der Waals surface area contributed by atoms with Crippen LogP contribution in [0.15, 0.2) is 18.2 Å². The molecule has 0 heterocycles. The Morgan fingerprint density at radius 1 is 1.20 bits per heavy atom. The third-order valence-electron chi connectivity index (χ3n) is 4.18. The zero-order valence-electron chi connectivity index (χ0n) is 11.7. The van der Waals surface area contributed by atoms with Crippen molar-refractivity contribution in [1.82, 2.24) is 4.90 Å². The van der Waals surface area contributed by atoms with Crippen LogP contribution in [0.4, 0.5) is 0 Å². The number of amidine groups is 1. The Kier molecular flexibility index (Phi) is 3.99. The first-order valence-corrected chi connectivity index (χ1v) is 7.85. The predicted molar refractivity (Wildman–Crippen MR) is 83.2 cm³/mol. The Morgan fingerprint density at radius 2 is 1.80 bits per heavy atom. The SMILES string of the molecule is N=C(N)c1ccc(CN(CC2CC2)CC2CC2)c(Cl)c1. The Bertz CT molecular complexity index is 492. The lowest BCUT2D eigenvalue weighted by atomic mass is 10.1. The highest BCUT2D eigenvalue weighted by Crippen LogP contribution is 2.34. The van der Waals surface area contributed by atoms with Gasteiger partial charge in [-0.3, -0.25) is 10.3 Å². The number of nitrogens with zero attached hydrogens (tertiary/aromatic N) is 1. The van der Waals surface area contributed by atoms with Crippen molar-refractivity contribution in [2.45, 2.75) is 32.2 Å². The summed E-state index contributed by atoms with van der Waals surface area (Å²) in [4.78, 5) is 2.56. The highest BCUT2D eigenvalue weighted by molar-refractivity contribution is 6.31. The van der Waals surface area contributed by atoms with Gasteiger partial charge < -0.3 is 5.73 Å². The molecule has 3 nitrogen and oxygen atoms in total. The van der Waals surface area contributed by atoms with Crippen LogP contribution in [0.5, 0.6) is 0 Å². The van der Waals surface area contributed by atoms with Crippen molar-refractivity contribution in [1.29, 1.82) is 5.41 Å². The van der Waals surface area contributed by atoms with Crippen LogP contribution < -0.4 is 5.73 Å². The fourth-order valence-electron chi connectivity index (χ4n) is 2.62. The number of rotatable bonds is 7. The molecule has 0 aromatic heterocycles. The highest BCUT2D eigenvalue weighted by Gasteiger charge is 2.29. The second kappa shape index (κ2) is 5.74. The summed E-state index contributed by atoms with van der Waals surface area (Å²) in [5, 5.41) is 8.19. The number of nitrogen functional groups attached to an aromatic ring is 1. The molecule has 0 aliphatic heterocycles. The molecular formula is C16H22ClN3. The van der Waals surface area contributed by atoms with Crippen LogP contribution in [-0.2, 0) is 6.54 Å². The number of nitrogens with one attached hydrogen (secondary N) is 1. The van der Waals surface area contributed by atoms with Crippen molar-refractivity contribution in [3.63, 3.8) is 0 Å². The second-order valence-corrected chi connectivity index (χ2v) is 6.71. The molecule has 3 rings (SSSR count). The van der Waals surface area contributed by atoms with Gasteiger partial charge in [0.2, 0.25) is 0 Å². The third kappa shape index (κ3) is 3.74. The molecule has 0 amide bonds. The van der Waals surface area contributed by atoms with E-state index < -0.39 is 0 Å². The van der Waals surface area contributed by atoms with E-state index in [1.807, 2.05) is 18.2 Å². The monoisotopic (exact) mass is 291 g/mol. The molecule has 0 bridgehead atoms. The van der Waals surface area contributed by atoms with E-state index in [1.54, 1.807) is 0 Å². The van der Waals surface area contributed by atoms with Crippen molar-refractivity contribution < 1.29 is 0 Å². The lowest BCUT2D eigenvalue weighted by molar-refractivity contribution is 0.244. The van der Waals surface area contributed by atoms with Crippen molar-refractivity contribution in [2.24, 2.45) is 17.6 Å². The standard InChI is InChI=1S/C16H22ClN3/c17-15-7-13(16(18)19)5-6-14(15)10-20(8-11-1-2-11)9-12-3-4-12/h5-7,11-12H,1-4,8-10H2,(H3,18,19). The molecule has 108 valence electrons. The fraction of sp³-hybridized carbons (Fsp3) is 0.562. The Morgan fingerprint density at radius 3 is 2.25 bits per heavy atom. The quantitative estimate of drug-likeness (QED) is 0.598. The van der Waals surface area contributed by atoms with Gasteiger partial charge in [-0.25, -0.2) is 0 Å². The minimum atomic E-state index is 0.0752. The van der Waals surface area contributed by atoms with Crippen molar-refractivity contribution in [3.05, 3.63) is 34.3 Å². The maximum absolute atomic E-state index is 7.45. The molecule has 1 aromatic rings. The smallest absolute Gasteiger partial charge is 0.122 e. The predicted octanol–water partition coefficient (Wildman–Crippen LogP) is 3.25. The Hall–Kier alpha value is -1.06. The van der Waals surface area contributed by atoms with E-state index in [0.717, 1.165) is 29.0 Å². The minimum Gasteiger partial charge on any atom is -0.384 e. The summed E-state index contributed by atoms with van der Waals surface area (Å²) in [7, 11) is 0. The number of halogens is 1. The van der Waals surface area contributed by atoms with Crippen LogP contribution in [0.25, 0.3) is 0 Å². The Balaban J connectivity index is 1.67. The molecule has 4 heteroatoms. The van der Waals surface area contributed by atoms with Gasteiger partial charge >= 0.3 is 0 Å². The topological polar surface area (TPSA) is 53.1 Å². The van der Waals surface area contributed by atoms with E-state index in [1.165, 1.54) is 38.8 Å². The van der Waals surface area contributed by atoms with Crippen LogP contribution in [-0.4, -0.2) is 23.8 Å². The van der Waals surface area contributed by atoms with Gasteiger partial charge in [-0.05, 0) is 49.1 Å². The van der Waals surface area contributed by atoms with Gasteiger partial charge in [0.05, 0.1) is 0 Å². The normalized spacial score (nSPS) is 18.5. The van der Waals surface area contributed by atoms with Crippen LogP contribution in [0.1, 0.15) is 36.8 Å². The summed E-state index contributed by atoms with van der Waals surface area (Å²) in [5.74, 6) is 1.89. The van der Waals surface area contributed by atoms with Crippen LogP contribution in [0, 0.1) is 17.2 Å². The van der Waals surface area contributed by atoms with Gasteiger partial charge in [-0.1, -0.05) is 23.7 Å². The van der Waals surface area contributed by atoms with E-state index in [-0.39, 0.29) is 5.84 Å². The van der Waals surface area contributed by atoms with Crippen molar-refractivity contribution in [2.75, 3.05) is 13.1 Å². The molecule has 20 heavy (non-hydrogen) atoms. The lowest BCUT2D eigenvalue weighted by Gasteiger charge is -2.23. The summed E-state index contributed by atoms with van der Waals surface area (Å²) in [6.45, 7) is 3.34.